The first-order valence-electron chi connectivity index (χ1n) is 7.82. The molecule has 26 heavy (non-hydrogen) atoms. The van der Waals surface area contributed by atoms with Crippen LogP contribution in [0.1, 0.15) is 18.1 Å². The summed E-state index contributed by atoms with van der Waals surface area (Å²) >= 11 is 1.15. The zero-order valence-electron chi connectivity index (χ0n) is 13.8. The first kappa shape index (κ1) is 17.7. The third-order valence-corrected chi connectivity index (χ3v) is 4.63. The van der Waals surface area contributed by atoms with E-state index in [0.29, 0.717) is 15.6 Å². The molecular weight excluding hydrogens is 354 g/mol. The van der Waals surface area contributed by atoms with E-state index in [2.05, 4.69) is 17.2 Å². The number of aromatic hydroxyl groups is 1. The fourth-order valence-corrected chi connectivity index (χ4v) is 3.17. The normalized spacial score (nSPS) is 16.9. The fourth-order valence-electron chi connectivity index (χ4n) is 2.33. The topological polar surface area (TPSA) is 105 Å². The van der Waals surface area contributed by atoms with E-state index in [9.17, 15) is 20.0 Å². The number of hydrogen-bond acceptors (Lipinski definition) is 6. The highest BCUT2D eigenvalue weighted by atomic mass is 32.2. The number of phenols is 1. The van der Waals surface area contributed by atoms with Crippen LogP contribution >= 0.6 is 11.8 Å². The second-order valence-corrected chi connectivity index (χ2v) is 6.54. The summed E-state index contributed by atoms with van der Waals surface area (Å²) in [6, 6.07) is 11.7. The molecule has 2 aromatic carbocycles. The van der Waals surface area contributed by atoms with E-state index in [1.807, 2.05) is 24.3 Å². The van der Waals surface area contributed by atoms with Crippen molar-refractivity contribution in [2.24, 2.45) is 4.99 Å². The number of nitro groups is 1. The van der Waals surface area contributed by atoms with E-state index in [0.717, 1.165) is 23.9 Å². The minimum atomic E-state index is -0.675. The molecule has 0 atom stereocenters. The van der Waals surface area contributed by atoms with Crippen molar-refractivity contribution in [1.29, 1.82) is 0 Å². The van der Waals surface area contributed by atoms with E-state index < -0.39 is 16.4 Å². The predicted molar refractivity (Wildman–Crippen MR) is 101 cm³/mol. The van der Waals surface area contributed by atoms with Gasteiger partial charge in [-0.2, -0.15) is 0 Å². The lowest BCUT2D eigenvalue weighted by Gasteiger charge is -1.99. The SMILES string of the molecule is CCc1ccc(N=C2NC(=O)/C(=C/c3ccc(O)c([N+](=O)[O-])c3)S2)cc1. The summed E-state index contributed by atoms with van der Waals surface area (Å²) in [6.07, 6.45) is 2.46. The van der Waals surface area contributed by atoms with Crippen LogP contribution in [0.25, 0.3) is 6.08 Å². The van der Waals surface area contributed by atoms with Gasteiger partial charge in [0.05, 0.1) is 15.5 Å². The second kappa shape index (κ2) is 7.40. The molecule has 7 nitrogen and oxygen atoms in total. The van der Waals surface area contributed by atoms with E-state index in [1.165, 1.54) is 29.8 Å². The number of nitrogens with one attached hydrogen (secondary N) is 1. The summed E-state index contributed by atoms with van der Waals surface area (Å²) in [6.45, 7) is 2.07. The van der Waals surface area contributed by atoms with Crippen LogP contribution in [0.5, 0.6) is 5.75 Å². The minimum absolute atomic E-state index is 0.324. The molecule has 0 unspecified atom stereocenters. The number of thioether (sulfide) groups is 1. The highest BCUT2D eigenvalue weighted by Gasteiger charge is 2.24. The number of aliphatic imine (C=N–C) groups is 1. The molecule has 0 spiro atoms. The minimum Gasteiger partial charge on any atom is -0.502 e. The van der Waals surface area contributed by atoms with Crippen molar-refractivity contribution in [3.63, 3.8) is 0 Å². The molecule has 0 radical (unpaired) electrons. The van der Waals surface area contributed by atoms with Gasteiger partial charge in [-0.05, 0) is 53.6 Å². The number of phenolic OH excluding ortho intramolecular Hbond substituents is 1. The Labute approximate surface area is 153 Å². The number of hydrogen-bond donors (Lipinski definition) is 2. The van der Waals surface area contributed by atoms with Crippen molar-refractivity contribution < 1.29 is 14.8 Å². The van der Waals surface area contributed by atoms with E-state index in [-0.39, 0.29) is 5.91 Å². The Morgan fingerprint density at radius 2 is 2.00 bits per heavy atom. The Morgan fingerprint density at radius 1 is 1.27 bits per heavy atom. The Balaban J connectivity index is 1.83. The number of carbonyl (C=O) groups is 1. The summed E-state index contributed by atoms with van der Waals surface area (Å²) in [5, 5.41) is 23.5. The lowest BCUT2D eigenvalue weighted by atomic mass is 10.1. The summed E-state index contributed by atoms with van der Waals surface area (Å²) < 4.78 is 0. The van der Waals surface area contributed by atoms with Gasteiger partial charge in [0.25, 0.3) is 5.91 Å². The van der Waals surface area contributed by atoms with Crippen LogP contribution < -0.4 is 5.32 Å². The first-order chi connectivity index (χ1) is 12.5. The Bertz CT molecular complexity index is 936. The van der Waals surface area contributed by atoms with Gasteiger partial charge >= 0.3 is 5.69 Å². The van der Waals surface area contributed by atoms with Crippen LogP contribution in [-0.2, 0) is 11.2 Å². The Morgan fingerprint density at radius 3 is 2.65 bits per heavy atom. The van der Waals surface area contributed by atoms with Crippen LogP contribution in [-0.4, -0.2) is 21.1 Å². The van der Waals surface area contributed by atoms with Crippen LogP contribution in [0, 0.1) is 10.1 Å². The number of aryl methyl sites for hydroxylation is 1. The third kappa shape index (κ3) is 3.92. The zero-order valence-corrected chi connectivity index (χ0v) is 14.6. The largest absolute Gasteiger partial charge is 0.502 e. The number of amides is 1. The van der Waals surface area contributed by atoms with Crippen LogP contribution in [0.4, 0.5) is 11.4 Å². The van der Waals surface area contributed by atoms with Gasteiger partial charge < -0.3 is 10.4 Å². The van der Waals surface area contributed by atoms with Gasteiger partial charge in [-0.25, -0.2) is 4.99 Å². The second-order valence-electron chi connectivity index (χ2n) is 5.51. The van der Waals surface area contributed by atoms with Gasteiger partial charge in [0.15, 0.2) is 10.9 Å². The molecule has 2 N–H and O–H groups in total. The molecule has 1 heterocycles. The number of benzene rings is 2. The Hall–Kier alpha value is -3.13. The molecule has 8 heteroatoms. The maximum Gasteiger partial charge on any atom is 0.311 e. The fraction of sp³-hybridized carbons (Fsp3) is 0.111. The number of amidine groups is 1. The average molecular weight is 369 g/mol. The highest BCUT2D eigenvalue weighted by Crippen LogP contribution is 2.31. The molecule has 1 fully saturated rings. The molecule has 1 aliphatic heterocycles. The van der Waals surface area contributed by atoms with Crippen molar-refractivity contribution in [3.05, 3.63) is 68.6 Å². The lowest BCUT2D eigenvalue weighted by molar-refractivity contribution is -0.385. The van der Waals surface area contributed by atoms with E-state index >= 15 is 0 Å². The van der Waals surface area contributed by atoms with E-state index in [4.69, 9.17) is 0 Å². The zero-order chi connectivity index (χ0) is 18.7. The number of nitro benzene ring substituents is 1. The van der Waals surface area contributed by atoms with Gasteiger partial charge in [0.1, 0.15) is 0 Å². The molecule has 1 amide bonds. The molecule has 0 saturated carbocycles. The maximum absolute atomic E-state index is 12.1. The van der Waals surface area contributed by atoms with Crippen LogP contribution in [0.3, 0.4) is 0 Å². The van der Waals surface area contributed by atoms with Gasteiger partial charge in [-0.3, -0.25) is 14.9 Å². The number of nitrogens with zero attached hydrogens (tertiary/aromatic N) is 2. The number of carbonyl (C=O) groups excluding carboxylic acids is 1. The number of rotatable bonds is 4. The molecule has 132 valence electrons. The molecule has 2 aromatic rings. The predicted octanol–water partition coefficient (Wildman–Crippen LogP) is 3.75. The standard InChI is InChI=1S/C18H15N3O4S/c1-2-11-3-6-13(7-4-11)19-18-20-17(23)16(26-18)10-12-5-8-15(22)14(9-12)21(24)25/h3-10,22H,2H2,1H3,(H,19,20,23)/b16-10-. The lowest BCUT2D eigenvalue weighted by Crippen LogP contribution is -2.19. The molecule has 1 aliphatic rings. The van der Waals surface area contributed by atoms with Crippen LogP contribution in [0.15, 0.2) is 52.4 Å². The smallest absolute Gasteiger partial charge is 0.311 e. The van der Waals surface area contributed by atoms with Gasteiger partial charge in [0.2, 0.25) is 0 Å². The summed E-state index contributed by atoms with van der Waals surface area (Å²) in [7, 11) is 0. The third-order valence-electron chi connectivity index (χ3n) is 3.72. The maximum atomic E-state index is 12.1. The van der Waals surface area contributed by atoms with Gasteiger partial charge in [0, 0.05) is 6.07 Å². The van der Waals surface area contributed by atoms with E-state index in [1.54, 1.807) is 0 Å². The van der Waals surface area contributed by atoms with Crippen molar-refractivity contribution in [1.82, 2.24) is 5.32 Å². The molecule has 0 aliphatic carbocycles. The van der Waals surface area contributed by atoms with Gasteiger partial charge in [-0.15, -0.1) is 0 Å². The van der Waals surface area contributed by atoms with Gasteiger partial charge in [-0.1, -0.05) is 25.1 Å². The summed E-state index contributed by atoms with van der Waals surface area (Å²) in [5.41, 5.74) is 1.96. The van der Waals surface area contributed by atoms with Crippen molar-refractivity contribution in [2.75, 3.05) is 0 Å². The monoisotopic (exact) mass is 369 g/mol. The molecular formula is C18H15N3O4S. The molecule has 3 rings (SSSR count). The molecule has 1 saturated heterocycles. The molecule has 0 aromatic heterocycles. The average Bonchev–Trinajstić information content (AvgIpc) is 2.96. The quantitative estimate of drug-likeness (QED) is 0.485. The summed E-state index contributed by atoms with van der Waals surface area (Å²) in [4.78, 5) is 27.1. The summed E-state index contributed by atoms with van der Waals surface area (Å²) in [5.74, 6) is -0.742. The van der Waals surface area contributed by atoms with Crippen molar-refractivity contribution in [3.8, 4) is 5.75 Å². The highest BCUT2D eigenvalue weighted by molar-refractivity contribution is 8.18. The first-order valence-corrected chi connectivity index (χ1v) is 8.64. The van der Waals surface area contributed by atoms with Crippen molar-refractivity contribution >= 4 is 40.3 Å². The Kier molecular flexibility index (Phi) is 5.04. The van der Waals surface area contributed by atoms with Crippen molar-refractivity contribution in [2.45, 2.75) is 13.3 Å². The molecule has 0 bridgehead atoms. The van der Waals surface area contributed by atoms with Crippen LogP contribution in [0.2, 0.25) is 0 Å².